The second kappa shape index (κ2) is 14.9. The van der Waals surface area contributed by atoms with Crippen LogP contribution in [0.15, 0.2) is 30.3 Å². The van der Waals surface area contributed by atoms with Crippen LogP contribution in [0.5, 0.6) is 28.7 Å². The number of hydrogen-bond donors (Lipinski definition) is 0. The Morgan fingerprint density at radius 2 is 1.35 bits per heavy atom. The molecule has 202 valence electrons. The van der Waals surface area contributed by atoms with E-state index in [4.69, 9.17) is 42.6 Å². The number of hydrogen-bond acceptors (Lipinski definition) is 10. The minimum Gasteiger partial charge on any atom is -0.493 e. The van der Waals surface area contributed by atoms with Gasteiger partial charge in [-0.3, -0.25) is 0 Å². The van der Waals surface area contributed by atoms with Crippen LogP contribution >= 0.6 is 0 Å². The molecule has 0 bridgehead atoms. The van der Waals surface area contributed by atoms with Gasteiger partial charge in [-0.1, -0.05) is 6.07 Å². The van der Waals surface area contributed by atoms with Crippen LogP contribution < -0.4 is 23.7 Å². The molecule has 10 heteroatoms. The van der Waals surface area contributed by atoms with E-state index >= 15 is 0 Å². The van der Waals surface area contributed by atoms with Crippen molar-refractivity contribution in [3.05, 3.63) is 41.5 Å². The van der Waals surface area contributed by atoms with Crippen LogP contribution in [0.1, 0.15) is 11.1 Å². The van der Waals surface area contributed by atoms with Crippen molar-refractivity contribution in [2.75, 3.05) is 81.3 Å². The summed E-state index contributed by atoms with van der Waals surface area (Å²) in [5, 5.41) is 0. The number of methoxy groups -OCH3 is 4. The Morgan fingerprint density at radius 3 is 1.95 bits per heavy atom. The monoisotopic (exact) mass is 518 g/mol. The zero-order chi connectivity index (χ0) is 26.5. The van der Waals surface area contributed by atoms with Crippen LogP contribution in [0.3, 0.4) is 0 Å². The molecule has 0 fully saturated rings. The average Bonchev–Trinajstić information content (AvgIpc) is 2.94. The van der Waals surface area contributed by atoms with Crippen molar-refractivity contribution in [1.29, 1.82) is 0 Å². The summed E-state index contributed by atoms with van der Waals surface area (Å²) in [6.07, 6.45) is 1.67. The molecule has 10 nitrogen and oxygen atoms in total. The highest BCUT2D eigenvalue weighted by atomic mass is 16.6. The second-order valence-corrected chi connectivity index (χ2v) is 7.67. The minimum absolute atomic E-state index is 0.260. The maximum absolute atomic E-state index is 12.8. The molecule has 0 saturated carbocycles. The van der Waals surface area contributed by atoms with E-state index in [1.54, 1.807) is 43.5 Å². The highest BCUT2D eigenvalue weighted by molar-refractivity contribution is 6.22. The van der Waals surface area contributed by atoms with Crippen LogP contribution in [0, 0.1) is 0 Å². The van der Waals surface area contributed by atoms with Gasteiger partial charge in [0.25, 0.3) is 0 Å². The number of carbonyl (C=O) groups excluding carboxylic acids is 1. The van der Waals surface area contributed by atoms with Crippen LogP contribution in [-0.2, 0) is 23.7 Å². The zero-order valence-corrected chi connectivity index (χ0v) is 21.7. The summed E-state index contributed by atoms with van der Waals surface area (Å²) in [5.41, 5.74) is 1.45. The van der Waals surface area contributed by atoms with Gasteiger partial charge in [0.1, 0.15) is 13.2 Å². The molecular formula is C27H34O10. The number of esters is 1. The first-order valence-electron chi connectivity index (χ1n) is 11.8. The van der Waals surface area contributed by atoms with Crippen molar-refractivity contribution in [3.63, 3.8) is 0 Å². The Hall–Kier alpha value is -3.47. The predicted octanol–water partition coefficient (Wildman–Crippen LogP) is 3.25. The average molecular weight is 519 g/mol. The molecule has 0 saturated heterocycles. The quantitative estimate of drug-likeness (QED) is 0.322. The van der Waals surface area contributed by atoms with Gasteiger partial charge in [0.05, 0.1) is 73.7 Å². The Bertz CT molecular complexity index is 1050. The molecule has 0 spiro atoms. The van der Waals surface area contributed by atoms with Gasteiger partial charge in [-0.05, 0) is 35.9 Å². The Morgan fingerprint density at radius 1 is 0.730 bits per heavy atom. The molecule has 0 N–H and O–H groups in total. The van der Waals surface area contributed by atoms with Crippen molar-refractivity contribution in [3.8, 4) is 28.7 Å². The lowest BCUT2D eigenvalue weighted by atomic mass is 10.0. The molecule has 37 heavy (non-hydrogen) atoms. The molecule has 1 aliphatic rings. The summed E-state index contributed by atoms with van der Waals surface area (Å²) < 4.78 is 50.0. The maximum atomic E-state index is 12.8. The summed E-state index contributed by atoms with van der Waals surface area (Å²) in [5.74, 6) is 1.75. The van der Waals surface area contributed by atoms with Crippen molar-refractivity contribution < 1.29 is 47.4 Å². The van der Waals surface area contributed by atoms with E-state index in [1.807, 2.05) is 0 Å². The van der Waals surface area contributed by atoms with E-state index in [1.165, 1.54) is 21.3 Å². The highest BCUT2D eigenvalue weighted by Gasteiger charge is 2.21. The van der Waals surface area contributed by atoms with Crippen LogP contribution in [-0.4, -0.2) is 87.3 Å². The van der Waals surface area contributed by atoms with Crippen LogP contribution in [0.4, 0.5) is 0 Å². The van der Waals surface area contributed by atoms with Gasteiger partial charge >= 0.3 is 5.97 Å². The third-order valence-electron chi connectivity index (χ3n) is 5.41. The Balaban J connectivity index is 2.01. The lowest BCUT2D eigenvalue weighted by Gasteiger charge is -2.18. The molecule has 0 atom stereocenters. The minimum atomic E-state index is -0.532. The number of ether oxygens (including phenoxy) is 9. The zero-order valence-electron chi connectivity index (χ0n) is 21.7. The molecule has 0 aromatic heterocycles. The molecule has 0 amide bonds. The van der Waals surface area contributed by atoms with Gasteiger partial charge < -0.3 is 42.6 Å². The SMILES string of the molecule is COC(=O)/C(=C\c1ccc2c(c1OC)OCCOCCOCCOCCO2)c1ccc(OC)c(OC)c1. The first-order chi connectivity index (χ1) is 18.1. The Labute approximate surface area is 216 Å². The number of rotatable bonds is 6. The molecule has 0 radical (unpaired) electrons. The third kappa shape index (κ3) is 7.75. The lowest BCUT2D eigenvalue weighted by Crippen LogP contribution is -2.13. The molecule has 3 rings (SSSR count). The number of benzene rings is 2. The smallest absolute Gasteiger partial charge is 0.338 e. The summed E-state index contributed by atoms with van der Waals surface area (Å²) in [6.45, 7) is 3.17. The first-order valence-corrected chi connectivity index (χ1v) is 11.8. The fourth-order valence-corrected chi connectivity index (χ4v) is 3.62. The summed E-state index contributed by atoms with van der Waals surface area (Å²) >= 11 is 0. The van der Waals surface area contributed by atoms with E-state index in [-0.39, 0.29) is 12.2 Å². The largest absolute Gasteiger partial charge is 0.493 e. The first kappa shape index (κ1) is 28.1. The lowest BCUT2D eigenvalue weighted by molar-refractivity contribution is -0.133. The van der Waals surface area contributed by atoms with Gasteiger partial charge in [0, 0.05) is 5.56 Å². The molecule has 1 heterocycles. The second-order valence-electron chi connectivity index (χ2n) is 7.67. The normalized spacial score (nSPS) is 15.6. The van der Waals surface area contributed by atoms with E-state index in [2.05, 4.69) is 0 Å². The maximum Gasteiger partial charge on any atom is 0.338 e. The standard InChI is InChI=1S/C27H34O10/c1-29-22-7-5-19(18-24(22)30-2)21(27(28)32-4)17-20-6-8-23-26(25(20)31-3)37-16-14-35-12-10-33-9-11-34-13-15-36-23/h5-8,17-18H,9-16H2,1-4H3/b21-17-. The molecule has 0 aliphatic carbocycles. The fourth-order valence-electron chi connectivity index (χ4n) is 3.62. The van der Waals surface area contributed by atoms with Crippen LogP contribution in [0.2, 0.25) is 0 Å². The van der Waals surface area contributed by atoms with Gasteiger partial charge in [0.15, 0.2) is 23.0 Å². The third-order valence-corrected chi connectivity index (χ3v) is 5.41. The fraction of sp³-hybridized carbons (Fsp3) is 0.444. The highest BCUT2D eigenvalue weighted by Crippen LogP contribution is 2.42. The van der Waals surface area contributed by atoms with E-state index in [9.17, 15) is 4.79 Å². The molecule has 0 unspecified atom stereocenters. The van der Waals surface area contributed by atoms with Gasteiger partial charge in [0.2, 0.25) is 5.75 Å². The van der Waals surface area contributed by atoms with E-state index in [0.717, 1.165) is 0 Å². The Kier molecular flexibility index (Phi) is 11.3. The van der Waals surface area contributed by atoms with Gasteiger partial charge in [-0.2, -0.15) is 0 Å². The molecule has 2 aromatic rings. The molecule has 2 aromatic carbocycles. The number of fused-ring (bicyclic) bond motifs is 1. The van der Waals surface area contributed by atoms with E-state index in [0.29, 0.717) is 86.1 Å². The summed E-state index contributed by atoms with van der Waals surface area (Å²) in [6, 6.07) is 8.72. The van der Waals surface area contributed by atoms with Crippen molar-refractivity contribution in [1.82, 2.24) is 0 Å². The topological polar surface area (TPSA) is 100 Å². The molecule has 1 aliphatic heterocycles. The molecular weight excluding hydrogens is 484 g/mol. The van der Waals surface area contributed by atoms with E-state index < -0.39 is 5.97 Å². The van der Waals surface area contributed by atoms with Gasteiger partial charge in [-0.15, -0.1) is 0 Å². The van der Waals surface area contributed by atoms with Crippen molar-refractivity contribution >= 4 is 17.6 Å². The van der Waals surface area contributed by atoms with Crippen molar-refractivity contribution in [2.24, 2.45) is 0 Å². The van der Waals surface area contributed by atoms with Gasteiger partial charge in [-0.25, -0.2) is 4.79 Å². The predicted molar refractivity (Wildman–Crippen MR) is 136 cm³/mol. The summed E-state index contributed by atoms with van der Waals surface area (Å²) in [7, 11) is 5.92. The number of carbonyl (C=O) groups is 1. The van der Waals surface area contributed by atoms with Crippen LogP contribution in [0.25, 0.3) is 11.6 Å². The summed E-state index contributed by atoms with van der Waals surface area (Å²) in [4.78, 5) is 12.8. The van der Waals surface area contributed by atoms with Crippen molar-refractivity contribution in [2.45, 2.75) is 0 Å².